The lowest BCUT2D eigenvalue weighted by molar-refractivity contribution is -0.126. The molecule has 1 aliphatic heterocycles. The Labute approximate surface area is 122 Å². The molecule has 21 heavy (non-hydrogen) atoms. The van der Waals surface area contributed by atoms with Gasteiger partial charge in [-0.05, 0) is 37.8 Å². The summed E-state index contributed by atoms with van der Waals surface area (Å²) in [6.07, 6.45) is 5.20. The molecular weight excluding hydrogens is 270 g/mol. The summed E-state index contributed by atoms with van der Waals surface area (Å²) in [5.41, 5.74) is -0.243. The molecule has 6 heteroatoms. The van der Waals surface area contributed by atoms with E-state index in [1.54, 1.807) is 11.0 Å². The number of carbonyl (C=O) groups is 2. The van der Waals surface area contributed by atoms with Crippen molar-refractivity contribution in [2.75, 3.05) is 13.1 Å². The van der Waals surface area contributed by atoms with Crippen LogP contribution in [0.5, 0.6) is 0 Å². The third kappa shape index (κ3) is 3.15. The predicted molar refractivity (Wildman–Crippen MR) is 76.9 cm³/mol. The number of hydrogen-bond donors (Lipinski definition) is 2. The number of aromatic nitrogens is 1. The van der Waals surface area contributed by atoms with Crippen LogP contribution >= 0.6 is 0 Å². The lowest BCUT2D eigenvalue weighted by Gasteiger charge is -2.32. The van der Waals surface area contributed by atoms with Crippen molar-refractivity contribution >= 4 is 11.8 Å². The van der Waals surface area contributed by atoms with Crippen LogP contribution in [0.2, 0.25) is 0 Å². The molecule has 1 atom stereocenters. The summed E-state index contributed by atoms with van der Waals surface area (Å²) in [4.78, 5) is 40.3. The third-order valence-electron chi connectivity index (χ3n) is 4.05. The average molecular weight is 289 g/mol. The number of amides is 2. The molecule has 1 aromatic heterocycles. The minimum absolute atomic E-state index is 0.0389. The molecule has 3 rings (SSSR count). The number of H-pyrrole nitrogens is 1. The molecule has 1 saturated carbocycles. The van der Waals surface area contributed by atoms with Gasteiger partial charge in [-0.15, -0.1) is 0 Å². The molecule has 2 fully saturated rings. The molecule has 0 radical (unpaired) electrons. The van der Waals surface area contributed by atoms with E-state index < -0.39 is 0 Å². The summed E-state index contributed by atoms with van der Waals surface area (Å²) in [5.74, 6) is -0.413. The van der Waals surface area contributed by atoms with Crippen LogP contribution in [0, 0.1) is 5.92 Å². The Kier molecular flexibility index (Phi) is 3.77. The quantitative estimate of drug-likeness (QED) is 0.850. The first-order valence-corrected chi connectivity index (χ1v) is 7.42. The molecule has 0 bridgehead atoms. The van der Waals surface area contributed by atoms with Crippen LogP contribution in [0.4, 0.5) is 0 Å². The second-order valence-electron chi connectivity index (χ2n) is 5.79. The number of aromatic amines is 1. The van der Waals surface area contributed by atoms with Gasteiger partial charge in [0.15, 0.2) is 0 Å². The van der Waals surface area contributed by atoms with E-state index in [1.807, 2.05) is 0 Å². The standard InChI is InChI=1S/C15H19N3O3/c19-13(17-11-5-6-11)10-3-2-8-18(9-10)15(21)12-4-1-7-16-14(12)20/h1,4,7,10-11H,2-3,5-6,8-9H2,(H,16,20)(H,17,19). The average Bonchev–Trinajstić information content (AvgIpc) is 3.31. The second kappa shape index (κ2) is 5.71. The van der Waals surface area contributed by atoms with Crippen LogP contribution < -0.4 is 10.9 Å². The van der Waals surface area contributed by atoms with Crippen LogP contribution in [0.25, 0.3) is 0 Å². The molecule has 1 aliphatic carbocycles. The van der Waals surface area contributed by atoms with E-state index in [0.717, 1.165) is 25.7 Å². The Morgan fingerprint density at radius 3 is 2.81 bits per heavy atom. The summed E-state index contributed by atoms with van der Waals surface area (Å²) >= 11 is 0. The molecule has 0 spiro atoms. The Balaban J connectivity index is 1.67. The van der Waals surface area contributed by atoms with Gasteiger partial charge in [0.1, 0.15) is 5.56 Å². The number of nitrogens with zero attached hydrogens (tertiary/aromatic N) is 1. The van der Waals surface area contributed by atoms with Crippen molar-refractivity contribution in [2.24, 2.45) is 5.92 Å². The van der Waals surface area contributed by atoms with Crippen molar-refractivity contribution in [2.45, 2.75) is 31.7 Å². The minimum Gasteiger partial charge on any atom is -0.353 e. The van der Waals surface area contributed by atoms with Gasteiger partial charge in [-0.3, -0.25) is 14.4 Å². The van der Waals surface area contributed by atoms with E-state index >= 15 is 0 Å². The number of hydrogen-bond acceptors (Lipinski definition) is 3. The topological polar surface area (TPSA) is 82.3 Å². The van der Waals surface area contributed by atoms with Crippen molar-refractivity contribution in [3.05, 3.63) is 34.2 Å². The number of piperidine rings is 1. The summed E-state index contributed by atoms with van der Waals surface area (Å²) in [6.45, 7) is 0.992. The molecule has 6 nitrogen and oxygen atoms in total. The summed E-state index contributed by atoms with van der Waals surface area (Å²) in [6, 6.07) is 3.49. The molecule has 2 amide bonds. The second-order valence-corrected chi connectivity index (χ2v) is 5.79. The van der Waals surface area contributed by atoms with Crippen LogP contribution in [0.15, 0.2) is 23.1 Å². The molecule has 1 aromatic rings. The third-order valence-corrected chi connectivity index (χ3v) is 4.05. The van der Waals surface area contributed by atoms with Crippen LogP contribution in [0.3, 0.4) is 0 Å². The molecule has 1 saturated heterocycles. The smallest absolute Gasteiger partial charge is 0.260 e. The molecule has 1 unspecified atom stereocenters. The number of nitrogens with one attached hydrogen (secondary N) is 2. The van der Waals surface area contributed by atoms with E-state index in [9.17, 15) is 14.4 Å². The Hall–Kier alpha value is -2.11. The fourth-order valence-electron chi connectivity index (χ4n) is 2.68. The first-order chi connectivity index (χ1) is 10.1. The molecule has 2 heterocycles. The van der Waals surface area contributed by atoms with Crippen molar-refractivity contribution in [3.8, 4) is 0 Å². The molecule has 112 valence electrons. The molecule has 2 aliphatic rings. The van der Waals surface area contributed by atoms with Gasteiger partial charge in [-0.1, -0.05) is 0 Å². The van der Waals surface area contributed by atoms with Gasteiger partial charge in [0.2, 0.25) is 5.91 Å². The fourth-order valence-corrected chi connectivity index (χ4v) is 2.68. The highest BCUT2D eigenvalue weighted by Crippen LogP contribution is 2.22. The predicted octanol–water partition coefficient (Wildman–Crippen LogP) is 0.506. The molecular formula is C15H19N3O3. The lowest BCUT2D eigenvalue weighted by Crippen LogP contribution is -2.46. The van der Waals surface area contributed by atoms with Gasteiger partial charge in [0, 0.05) is 25.3 Å². The SMILES string of the molecule is O=C(NC1CC1)C1CCCN(C(=O)c2ccc[nH]c2=O)C1. The number of rotatable bonds is 3. The van der Waals surface area contributed by atoms with E-state index in [0.29, 0.717) is 19.1 Å². The zero-order valence-corrected chi connectivity index (χ0v) is 11.8. The van der Waals surface area contributed by atoms with Gasteiger partial charge in [-0.25, -0.2) is 0 Å². The monoisotopic (exact) mass is 289 g/mol. The van der Waals surface area contributed by atoms with Crippen LogP contribution in [-0.4, -0.2) is 40.8 Å². The van der Waals surface area contributed by atoms with Gasteiger partial charge >= 0.3 is 0 Å². The van der Waals surface area contributed by atoms with E-state index in [2.05, 4.69) is 10.3 Å². The Bertz CT molecular complexity index is 606. The maximum absolute atomic E-state index is 12.4. The minimum atomic E-state index is -0.382. The van der Waals surface area contributed by atoms with Gasteiger partial charge in [-0.2, -0.15) is 0 Å². The number of carbonyl (C=O) groups excluding carboxylic acids is 2. The van der Waals surface area contributed by atoms with Crippen molar-refractivity contribution < 1.29 is 9.59 Å². The van der Waals surface area contributed by atoms with Gasteiger partial charge in [0.05, 0.1) is 5.92 Å². The van der Waals surface area contributed by atoms with Gasteiger partial charge in [0.25, 0.3) is 11.5 Å². The maximum atomic E-state index is 12.4. The lowest BCUT2D eigenvalue weighted by atomic mass is 9.96. The zero-order valence-electron chi connectivity index (χ0n) is 11.8. The molecule has 2 N–H and O–H groups in total. The first kappa shape index (κ1) is 13.9. The van der Waals surface area contributed by atoms with Crippen LogP contribution in [-0.2, 0) is 4.79 Å². The number of pyridine rings is 1. The Morgan fingerprint density at radius 2 is 2.10 bits per heavy atom. The van der Waals surface area contributed by atoms with E-state index in [4.69, 9.17) is 0 Å². The van der Waals surface area contributed by atoms with Crippen molar-refractivity contribution in [1.29, 1.82) is 0 Å². The van der Waals surface area contributed by atoms with Crippen LogP contribution in [0.1, 0.15) is 36.0 Å². The Morgan fingerprint density at radius 1 is 1.29 bits per heavy atom. The fraction of sp³-hybridized carbons (Fsp3) is 0.533. The summed E-state index contributed by atoms with van der Waals surface area (Å²) < 4.78 is 0. The highest BCUT2D eigenvalue weighted by molar-refractivity contribution is 5.94. The summed E-state index contributed by atoms with van der Waals surface area (Å²) in [7, 11) is 0. The zero-order chi connectivity index (χ0) is 14.8. The normalized spacial score (nSPS) is 21.9. The largest absolute Gasteiger partial charge is 0.353 e. The molecule has 0 aromatic carbocycles. The maximum Gasteiger partial charge on any atom is 0.260 e. The highest BCUT2D eigenvalue weighted by atomic mass is 16.2. The van der Waals surface area contributed by atoms with Gasteiger partial charge < -0.3 is 15.2 Å². The van der Waals surface area contributed by atoms with Crippen molar-refractivity contribution in [1.82, 2.24) is 15.2 Å². The number of likely N-dealkylation sites (tertiary alicyclic amines) is 1. The first-order valence-electron chi connectivity index (χ1n) is 7.42. The van der Waals surface area contributed by atoms with Crippen molar-refractivity contribution in [3.63, 3.8) is 0 Å². The highest BCUT2D eigenvalue weighted by Gasteiger charge is 2.32. The summed E-state index contributed by atoms with van der Waals surface area (Å²) in [5, 5.41) is 2.99. The van der Waals surface area contributed by atoms with E-state index in [1.165, 1.54) is 12.3 Å². The van der Waals surface area contributed by atoms with E-state index in [-0.39, 0.29) is 28.9 Å².